The summed E-state index contributed by atoms with van der Waals surface area (Å²) in [5, 5.41) is 3.12. The number of aromatic nitrogens is 1. The number of pyridine rings is 1. The lowest BCUT2D eigenvalue weighted by Gasteiger charge is -2.19. The second kappa shape index (κ2) is 9.04. The smallest absolute Gasteiger partial charge is 0.221 e. The van der Waals surface area contributed by atoms with Gasteiger partial charge in [0.1, 0.15) is 0 Å². The van der Waals surface area contributed by atoms with Crippen molar-refractivity contribution in [2.45, 2.75) is 17.4 Å². The highest BCUT2D eigenvalue weighted by molar-refractivity contribution is 7.99. The summed E-state index contributed by atoms with van der Waals surface area (Å²) in [5.41, 5.74) is 1.88. The molecule has 0 aliphatic rings. The molecule has 1 atom stereocenters. The van der Waals surface area contributed by atoms with Gasteiger partial charge in [-0.05, 0) is 29.8 Å². The Kier molecular flexibility index (Phi) is 6.23. The Morgan fingerprint density at radius 3 is 2.28 bits per heavy atom. The van der Waals surface area contributed by atoms with E-state index >= 15 is 0 Å². The number of carbonyl (C=O) groups is 1. The van der Waals surface area contributed by atoms with Gasteiger partial charge >= 0.3 is 0 Å². The first-order valence-corrected chi connectivity index (χ1v) is 9.24. The fourth-order valence-electron chi connectivity index (χ4n) is 2.53. The van der Waals surface area contributed by atoms with Gasteiger partial charge in [0.05, 0.1) is 11.7 Å². The maximum Gasteiger partial charge on any atom is 0.221 e. The molecule has 0 saturated heterocycles. The first-order valence-electron chi connectivity index (χ1n) is 8.26. The van der Waals surface area contributed by atoms with Gasteiger partial charge in [-0.1, -0.05) is 54.6 Å². The van der Waals surface area contributed by atoms with Gasteiger partial charge in [-0.15, -0.1) is 11.8 Å². The predicted molar refractivity (Wildman–Crippen MR) is 102 cm³/mol. The van der Waals surface area contributed by atoms with E-state index in [1.165, 1.54) is 4.90 Å². The minimum atomic E-state index is -0.225. The van der Waals surface area contributed by atoms with Crippen molar-refractivity contribution in [3.63, 3.8) is 0 Å². The van der Waals surface area contributed by atoms with Crippen molar-refractivity contribution in [2.24, 2.45) is 0 Å². The van der Waals surface area contributed by atoms with Crippen LogP contribution in [0, 0.1) is 0 Å². The second-order valence-electron chi connectivity index (χ2n) is 5.58. The maximum atomic E-state index is 12.4. The second-order valence-corrected chi connectivity index (χ2v) is 6.75. The Balaban J connectivity index is 1.63. The van der Waals surface area contributed by atoms with Crippen LogP contribution in [0.4, 0.5) is 0 Å². The number of hydrogen-bond acceptors (Lipinski definition) is 3. The highest BCUT2D eigenvalue weighted by Crippen LogP contribution is 2.21. The summed E-state index contributed by atoms with van der Waals surface area (Å²) in [5.74, 6) is 0.780. The van der Waals surface area contributed by atoms with E-state index in [1.807, 2.05) is 66.7 Å². The van der Waals surface area contributed by atoms with E-state index in [-0.39, 0.29) is 11.9 Å². The standard InChI is InChI=1S/C21H20N2OS/c24-20(14-16-25-18-11-5-2-6-12-18)23-21(17-9-3-1-4-10-17)19-13-7-8-15-22-19/h1-13,15,21H,14,16H2,(H,23,24). The Bertz CT molecular complexity index is 739. The van der Waals surface area contributed by atoms with Gasteiger partial charge in [-0.3, -0.25) is 9.78 Å². The number of nitrogens with one attached hydrogen (secondary N) is 1. The van der Waals surface area contributed by atoms with Crippen molar-refractivity contribution in [2.75, 3.05) is 5.75 Å². The molecule has 1 N–H and O–H groups in total. The molecule has 1 unspecified atom stereocenters. The Labute approximate surface area is 152 Å². The van der Waals surface area contributed by atoms with Crippen molar-refractivity contribution >= 4 is 17.7 Å². The molecular weight excluding hydrogens is 328 g/mol. The number of carbonyl (C=O) groups excluding carboxylic acids is 1. The van der Waals surface area contributed by atoms with Crippen molar-refractivity contribution < 1.29 is 4.79 Å². The van der Waals surface area contributed by atoms with Crippen LogP contribution >= 0.6 is 11.8 Å². The normalized spacial score (nSPS) is 11.7. The quantitative estimate of drug-likeness (QED) is 0.641. The number of amides is 1. The van der Waals surface area contributed by atoms with Crippen molar-refractivity contribution in [3.05, 3.63) is 96.3 Å². The van der Waals surface area contributed by atoms with Crippen LogP contribution in [0.5, 0.6) is 0 Å². The minimum Gasteiger partial charge on any atom is -0.344 e. The van der Waals surface area contributed by atoms with E-state index in [0.717, 1.165) is 17.0 Å². The molecule has 2 aromatic carbocycles. The molecular formula is C21H20N2OS. The number of nitrogens with zero attached hydrogens (tertiary/aromatic N) is 1. The molecule has 1 heterocycles. The Morgan fingerprint density at radius 2 is 1.60 bits per heavy atom. The molecule has 126 valence electrons. The summed E-state index contributed by atoms with van der Waals surface area (Å²) in [6, 6.07) is 25.6. The van der Waals surface area contributed by atoms with Gasteiger partial charge in [0.2, 0.25) is 5.91 Å². The van der Waals surface area contributed by atoms with Crippen molar-refractivity contribution in [1.82, 2.24) is 10.3 Å². The molecule has 25 heavy (non-hydrogen) atoms. The van der Waals surface area contributed by atoms with Crippen LogP contribution in [0.1, 0.15) is 23.7 Å². The monoisotopic (exact) mass is 348 g/mol. The molecule has 3 nitrogen and oxygen atoms in total. The average Bonchev–Trinajstić information content (AvgIpc) is 2.68. The van der Waals surface area contributed by atoms with Crippen LogP contribution in [-0.2, 0) is 4.79 Å². The fourth-order valence-corrected chi connectivity index (χ4v) is 3.40. The lowest BCUT2D eigenvalue weighted by Crippen LogP contribution is -2.30. The topological polar surface area (TPSA) is 42.0 Å². The first kappa shape index (κ1) is 17.2. The van der Waals surface area contributed by atoms with Crippen LogP contribution in [0.2, 0.25) is 0 Å². The third-order valence-electron chi connectivity index (χ3n) is 3.76. The number of thioether (sulfide) groups is 1. The largest absolute Gasteiger partial charge is 0.344 e. The van der Waals surface area contributed by atoms with Crippen LogP contribution < -0.4 is 5.32 Å². The van der Waals surface area contributed by atoms with E-state index < -0.39 is 0 Å². The number of benzene rings is 2. The zero-order valence-corrected chi connectivity index (χ0v) is 14.7. The molecule has 0 aliphatic heterocycles. The lowest BCUT2D eigenvalue weighted by molar-refractivity contribution is -0.121. The molecule has 0 fully saturated rings. The summed E-state index contributed by atoms with van der Waals surface area (Å²) in [6.07, 6.45) is 2.22. The summed E-state index contributed by atoms with van der Waals surface area (Å²) in [7, 11) is 0. The van der Waals surface area contributed by atoms with E-state index in [0.29, 0.717) is 6.42 Å². The third kappa shape index (κ3) is 5.19. The van der Waals surface area contributed by atoms with Crippen LogP contribution in [0.15, 0.2) is 90.0 Å². The number of rotatable bonds is 7. The molecule has 3 rings (SSSR count). The zero-order valence-electron chi connectivity index (χ0n) is 13.8. The molecule has 0 saturated carbocycles. The van der Waals surface area contributed by atoms with Crippen molar-refractivity contribution in [1.29, 1.82) is 0 Å². The zero-order chi connectivity index (χ0) is 17.3. The van der Waals surface area contributed by atoms with Crippen LogP contribution in [0.25, 0.3) is 0 Å². The van der Waals surface area contributed by atoms with Gasteiger partial charge in [0.25, 0.3) is 0 Å². The summed E-state index contributed by atoms with van der Waals surface area (Å²) in [4.78, 5) is 18.0. The molecule has 1 aromatic heterocycles. The molecule has 3 aromatic rings. The summed E-state index contributed by atoms with van der Waals surface area (Å²) < 4.78 is 0. The Hall–Kier alpha value is -2.59. The predicted octanol–water partition coefficient (Wildman–Crippen LogP) is 4.47. The van der Waals surface area contributed by atoms with Gasteiger partial charge in [0.15, 0.2) is 0 Å². The van der Waals surface area contributed by atoms with E-state index in [2.05, 4.69) is 22.4 Å². The van der Waals surface area contributed by atoms with Crippen LogP contribution in [0.3, 0.4) is 0 Å². The lowest BCUT2D eigenvalue weighted by atomic mass is 10.0. The Morgan fingerprint density at radius 1 is 0.920 bits per heavy atom. The van der Waals surface area contributed by atoms with Crippen LogP contribution in [-0.4, -0.2) is 16.6 Å². The molecule has 0 spiro atoms. The van der Waals surface area contributed by atoms with Gasteiger partial charge < -0.3 is 5.32 Å². The molecule has 1 amide bonds. The molecule has 0 bridgehead atoms. The molecule has 0 radical (unpaired) electrons. The maximum absolute atomic E-state index is 12.4. The third-order valence-corrected chi connectivity index (χ3v) is 4.78. The van der Waals surface area contributed by atoms with Gasteiger partial charge in [-0.25, -0.2) is 0 Å². The highest BCUT2D eigenvalue weighted by atomic mass is 32.2. The summed E-state index contributed by atoms with van der Waals surface area (Å²) >= 11 is 1.69. The fraction of sp³-hybridized carbons (Fsp3) is 0.143. The average molecular weight is 348 g/mol. The summed E-state index contributed by atoms with van der Waals surface area (Å²) in [6.45, 7) is 0. The van der Waals surface area contributed by atoms with Crippen molar-refractivity contribution in [3.8, 4) is 0 Å². The van der Waals surface area contributed by atoms with E-state index in [1.54, 1.807) is 18.0 Å². The molecule has 0 aliphatic carbocycles. The number of hydrogen-bond donors (Lipinski definition) is 1. The minimum absolute atomic E-state index is 0.0305. The SMILES string of the molecule is O=C(CCSc1ccccc1)NC(c1ccccc1)c1ccccn1. The van der Waals surface area contributed by atoms with Gasteiger partial charge in [0, 0.05) is 23.3 Å². The van der Waals surface area contributed by atoms with E-state index in [9.17, 15) is 4.79 Å². The van der Waals surface area contributed by atoms with E-state index in [4.69, 9.17) is 0 Å². The van der Waals surface area contributed by atoms with Gasteiger partial charge in [-0.2, -0.15) is 0 Å². The molecule has 4 heteroatoms. The highest BCUT2D eigenvalue weighted by Gasteiger charge is 2.17. The first-order chi connectivity index (χ1) is 12.3.